The molecule has 0 radical (unpaired) electrons. The fraction of sp³-hybridized carbons (Fsp3) is 0.643. The van der Waals surface area contributed by atoms with Crippen molar-refractivity contribution in [2.24, 2.45) is 24.3 Å². The van der Waals surface area contributed by atoms with Gasteiger partial charge < -0.3 is 15.0 Å². The number of anilines is 1. The van der Waals surface area contributed by atoms with Crippen LogP contribution in [0.1, 0.15) is 55.9 Å². The van der Waals surface area contributed by atoms with Gasteiger partial charge in [0.05, 0.1) is 25.5 Å². The molecule has 1 N–H and O–H groups in total. The summed E-state index contributed by atoms with van der Waals surface area (Å²) < 4.78 is 7.73. The minimum absolute atomic E-state index is 0.0133. The van der Waals surface area contributed by atoms with E-state index in [0.29, 0.717) is 11.6 Å². The van der Waals surface area contributed by atoms with Crippen molar-refractivity contribution in [2.75, 3.05) is 31.6 Å². The predicted octanol–water partition coefficient (Wildman–Crippen LogP) is 2.66. The number of aromatic nitrogens is 3. The van der Waals surface area contributed by atoms with Crippen molar-refractivity contribution in [3.05, 3.63) is 36.3 Å². The summed E-state index contributed by atoms with van der Waals surface area (Å²) in [4.78, 5) is 34.9. The molecule has 196 valence electrons. The summed E-state index contributed by atoms with van der Waals surface area (Å²) in [6.07, 6.45) is 10.2. The number of nitrogens with zero attached hydrogens (tertiary/aromatic N) is 5. The molecule has 37 heavy (non-hydrogen) atoms. The Balaban J connectivity index is 1.20. The first-order chi connectivity index (χ1) is 17.8. The number of hydrogen-bond acceptors (Lipinski definition) is 6. The van der Waals surface area contributed by atoms with Crippen molar-refractivity contribution in [1.82, 2.24) is 24.6 Å². The van der Waals surface area contributed by atoms with Crippen LogP contribution in [0.5, 0.6) is 0 Å². The lowest BCUT2D eigenvalue weighted by molar-refractivity contribution is -0.140. The number of likely N-dealkylation sites (N-methyl/N-ethyl adjacent to an activating group) is 1. The van der Waals surface area contributed by atoms with Crippen LogP contribution in [-0.4, -0.2) is 71.0 Å². The normalized spacial score (nSPS) is 36.1. The molecule has 0 aromatic carbocycles. The Morgan fingerprint density at radius 2 is 2.05 bits per heavy atom. The standard InChI is InChI=1S/C28H36N6O3/c1-27-15-21(27)34(3,19-7-8-22(29-16-19)33-13-14-37-28(17-33)10-11-28)26(36)24(23(27)18-5-4-6-18)31-25(35)20-9-12-30-32(20)2/h7-9,12,16,18,21,23-24H,4-6,10-11,13-15,17H2,1-3H3/p+1/t21?,23?,24-,27?,34?/m0/s1. The summed E-state index contributed by atoms with van der Waals surface area (Å²) in [5.41, 5.74) is 1.43. The van der Waals surface area contributed by atoms with Gasteiger partial charge in [-0.15, -0.1) is 0 Å². The number of piperidine rings is 1. The van der Waals surface area contributed by atoms with Crippen LogP contribution >= 0.6 is 0 Å². The molecular formula is C28H37N6O3+. The van der Waals surface area contributed by atoms with Crippen LogP contribution in [0.3, 0.4) is 0 Å². The molecule has 2 saturated heterocycles. The summed E-state index contributed by atoms with van der Waals surface area (Å²) in [6.45, 7) is 4.79. The van der Waals surface area contributed by atoms with E-state index in [2.05, 4.69) is 34.4 Å². The van der Waals surface area contributed by atoms with Gasteiger partial charge in [-0.1, -0.05) is 26.2 Å². The molecule has 1 spiro atoms. The topological polar surface area (TPSA) is 89.4 Å². The number of rotatable bonds is 5. The van der Waals surface area contributed by atoms with Crippen molar-refractivity contribution >= 4 is 23.3 Å². The van der Waals surface area contributed by atoms with Crippen LogP contribution < -0.4 is 14.7 Å². The van der Waals surface area contributed by atoms with Crippen LogP contribution in [0.4, 0.5) is 11.5 Å². The van der Waals surface area contributed by atoms with E-state index in [4.69, 9.17) is 9.72 Å². The summed E-state index contributed by atoms with van der Waals surface area (Å²) in [5, 5.41) is 7.34. The van der Waals surface area contributed by atoms with E-state index < -0.39 is 6.04 Å². The summed E-state index contributed by atoms with van der Waals surface area (Å²) in [7, 11) is 3.79. The molecule has 5 atom stereocenters. The molecule has 4 unspecified atom stereocenters. The van der Waals surface area contributed by atoms with Gasteiger partial charge in [0.1, 0.15) is 23.6 Å². The van der Waals surface area contributed by atoms with E-state index in [-0.39, 0.29) is 39.3 Å². The number of quaternary nitrogens is 1. The van der Waals surface area contributed by atoms with Crippen molar-refractivity contribution in [1.29, 1.82) is 0 Å². The van der Waals surface area contributed by atoms with Crippen molar-refractivity contribution < 1.29 is 14.3 Å². The molecule has 7 rings (SSSR count). The number of likely N-dealkylation sites (tertiary alicyclic amines) is 1. The molecule has 9 nitrogen and oxygen atoms in total. The molecule has 2 aliphatic heterocycles. The number of amides is 2. The van der Waals surface area contributed by atoms with Crippen LogP contribution in [0.2, 0.25) is 0 Å². The Kier molecular flexibility index (Phi) is 4.96. The average molecular weight is 506 g/mol. The molecule has 2 amide bonds. The number of fused-ring (bicyclic) bond motifs is 1. The van der Waals surface area contributed by atoms with Gasteiger partial charge in [0.2, 0.25) is 0 Å². The maximum atomic E-state index is 14.4. The number of carbonyl (C=O) groups excluding carboxylic acids is 2. The molecule has 4 heterocycles. The van der Waals surface area contributed by atoms with Gasteiger partial charge in [0, 0.05) is 50.2 Å². The fourth-order valence-corrected chi connectivity index (χ4v) is 7.67. The molecule has 2 aromatic rings. The second-order valence-corrected chi connectivity index (χ2v) is 12.5. The molecule has 2 aromatic heterocycles. The predicted molar refractivity (Wildman–Crippen MR) is 139 cm³/mol. The van der Waals surface area contributed by atoms with E-state index in [1.807, 2.05) is 13.2 Å². The maximum absolute atomic E-state index is 14.4. The van der Waals surface area contributed by atoms with Gasteiger partial charge in [-0.3, -0.25) is 9.48 Å². The monoisotopic (exact) mass is 505 g/mol. The smallest absolute Gasteiger partial charge is 0.341 e. The number of nitrogens with one attached hydrogen (secondary N) is 1. The molecule has 9 heteroatoms. The third kappa shape index (κ3) is 3.43. The first kappa shape index (κ1) is 23.3. The lowest BCUT2D eigenvalue weighted by atomic mass is 9.64. The summed E-state index contributed by atoms with van der Waals surface area (Å²) in [6, 6.07) is 5.53. The van der Waals surface area contributed by atoms with E-state index >= 15 is 0 Å². The lowest BCUT2D eigenvalue weighted by Gasteiger charge is -2.49. The Morgan fingerprint density at radius 1 is 1.24 bits per heavy atom. The van der Waals surface area contributed by atoms with Crippen LogP contribution in [0.25, 0.3) is 0 Å². The lowest BCUT2D eigenvalue weighted by Crippen LogP contribution is -2.69. The highest BCUT2D eigenvalue weighted by atomic mass is 16.5. The highest BCUT2D eigenvalue weighted by molar-refractivity contribution is 6.01. The third-order valence-electron chi connectivity index (χ3n) is 10.3. The Hall–Kier alpha value is -2.78. The molecule has 3 saturated carbocycles. The first-order valence-corrected chi connectivity index (χ1v) is 13.8. The van der Waals surface area contributed by atoms with Gasteiger partial charge in [-0.25, -0.2) is 14.3 Å². The molecular weight excluding hydrogens is 468 g/mol. The first-order valence-electron chi connectivity index (χ1n) is 13.8. The van der Waals surface area contributed by atoms with Gasteiger partial charge >= 0.3 is 5.91 Å². The SMILES string of the molecule is Cn1nccc1C(=O)N[C@@H]1C(=O)[N+](C)(c2ccc(N3CCOC4(CC4)C3)nc2)C2CC2(C)C1C1CCC1. The Bertz CT molecular complexity index is 1250. The second kappa shape index (κ2) is 7.86. The highest BCUT2D eigenvalue weighted by Crippen LogP contribution is 2.65. The summed E-state index contributed by atoms with van der Waals surface area (Å²) in [5.74, 6) is 1.44. The van der Waals surface area contributed by atoms with Crippen molar-refractivity contribution in [3.8, 4) is 0 Å². The Morgan fingerprint density at radius 3 is 2.68 bits per heavy atom. The minimum Gasteiger partial charge on any atom is -0.371 e. The van der Waals surface area contributed by atoms with E-state index in [0.717, 1.165) is 63.3 Å². The zero-order chi connectivity index (χ0) is 25.6. The van der Waals surface area contributed by atoms with Gasteiger partial charge in [-0.2, -0.15) is 5.10 Å². The second-order valence-electron chi connectivity index (χ2n) is 12.5. The largest absolute Gasteiger partial charge is 0.371 e. The summed E-state index contributed by atoms with van der Waals surface area (Å²) >= 11 is 0. The fourth-order valence-electron chi connectivity index (χ4n) is 7.67. The molecule has 5 aliphatic rings. The van der Waals surface area contributed by atoms with Gasteiger partial charge in [0.25, 0.3) is 5.91 Å². The number of carbonyl (C=O) groups is 2. The quantitative estimate of drug-likeness (QED) is 0.629. The number of hydrogen-bond donors (Lipinski definition) is 1. The zero-order valence-corrected chi connectivity index (χ0v) is 22.0. The number of morpholine rings is 1. The molecule has 5 fully saturated rings. The van der Waals surface area contributed by atoms with Crippen molar-refractivity contribution in [3.63, 3.8) is 0 Å². The minimum atomic E-state index is -0.532. The van der Waals surface area contributed by atoms with Gasteiger partial charge in [0.15, 0.2) is 5.69 Å². The van der Waals surface area contributed by atoms with E-state index in [1.54, 1.807) is 24.0 Å². The maximum Gasteiger partial charge on any atom is 0.341 e. The van der Waals surface area contributed by atoms with E-state index in [1.165, 1.54) is 6.42 Å². The number of pyridine rings is 1. The average Bonchev–Trinajstić information content (AvgIpc) is 3.73. The number of ether oxygens (including phenoxy) is 1. The third-order valence-corrected chi connectivity index (χ3v) is 10.3. The van der Waals surface area contributed by atoms with Gasteiger partial charge in [-0.05, 0) is 30.9 Å². The molecule has 3 aliphatic carbocycles. The van der Waals surface area contributed by atoms with E-state index in [9.17, 15) is 9.59 Å². The number of aryl methyl sites for hydroxylation is 1. The van der Waals surface area contributed by atoms with Crippen LogP contribution in [0, 0.1) is 17.3 Å². The molecule has 0 bridgehead atoms. The van der Waals surface area contributed by atoms with Crippen LogP contribution in [-0.2, 0) is 16.6 Å². The highest BCUT2D eigenvalue weighted by Gasteiger charge is 2.75. The Labute approximate surface area is 217 Å². The van der Waals surface area contributed by atoms with Crippen LogP contribution in [0.15, 0.2) is 30.6 Å². The zero-order valence-electron chi connectivity index (χ0n) is 22.0. The van der Waals surface area contributed by atoms with Crippen molar-refractivity contribution in [2.45, 2.75) is 63.1 Å².